The van der Waals surface area contributed by atoms with E-state index in [1.165, 1.54) is 38.8 Å². The van der Waals surface area contributed by atoms with Gasteiger partial charge in [-0.3, -0.25) is 4.79 Å². The largest absolute Gasteiger partial charge is 0.493 e. The number of carbonyl (C=O) groups excluding carboxylic acids is 1. The van der Waals surface area contributed by atoms with E-state index in [0.717, 1.165) is 24.9 Å². The van der Waals surface area contributed by atoms with Crippen LogP contribution in [0.3, 0.4) is 0 Å². The summed E-state index contributed by atoms with van der Waals surface area (Å²) in [7, 11) is 4.36. The van der Waals surface area contributed by atoms with Crippen molar-refractivity contribution in [2.24, 2.45) is 0 Å². The maximum Gasteiger partial charge on any atom is 0.153 e. The second kappa shape index (κ2) is 9.38. The fourth-order valence-electron chi connectivity index (χ4n) is 4.13. The van der Waals surface area contributed by atoms with Crippen LogP contribution in [0, 0.1) is 0 Å². The van der Waals surface area contributed by atoms with Gasteiger partial charge in [-0.2, -0.15) is 0 Å². The lowest BCUT2D eigenvalue weighted by molar-refractivity contribution is 0.111. The van der Waals surface area contributed by atoms with Gasteiger partial charge in [-0.1, -0.05) is 0 Å². The van der Waals surface area contributed by atoms with Crippen molar-refractivity contribution in [3.8, 4) is 11.5 Å². The molecule has 2 atom stereocenters. The highest BCUT2D eigenvalue weighted by Crippen LogP contribution is 2.26. The SMILES string of the molecule is CN1CCCC1CCOc1ccc(C=O)c(OCCC2CCCN2C)c1. The molecule has 144 valence electrons. The van der Waals surface area contributed by atoms with Gasteiger partial charge in [-0.05, 0) is 77.8 Å². The van der Waals surface area contributed by atoms with Crippen LogP contribution in [-0.2, 0) is 0 Å². The zero-order chi connectivity index (χ0) is 18.4. The second-order valence-electron chi connectivity index (χ2n) is 7.65. The highest BCUT2D eigenvalue weighted by Gasteiger charge is 2.21. The van der Waals surface area contributed by atoms with E-state index in [9.17, 15) is 4.79 Å². The molecule has 0 saturated carbocycles. The monoisotopic (exact) mass is 360 g/mol. The van der Waals surface area contributed by atoms with Gasteiger partial charge in [-0.15, -0.1) is 0 Å². The molecule has 0 N–H and O–H groups in total. The summed E-state index contributed by atoms with van der Waals surface area (Å²) in [6, 6.07) is 6.74. The molecule has 2 aliphatic heterocycles. The van der Waals surface area contributed by atoms with Crippen molar-refractivity contribution in [2.45, 2.75) is 50.6 Å². The summed E-state index contributed by atoms with van der Waals surface area (Å²) in [6.07, 6.45) is 7.93. The zero-order valence-corrected chi connectivity index (χ0v) is 16.2. The van der Waals surface area contributed by atoms with Crippen LogP contribution in [0.1, 0.15) is 48.9 Å². The Kier molecular flexibility index (Phi) is 6.92. The Morgan fingerprint density at radius 2 is 1.62 bits per heavy atom. The number of ether oxygens (including phenoxy) is 2. The fraction of sp³-hybridized carbons (Fsp3) is 0.667. The molecule has 0 aromatic heterocycles. The number of hydrogen-bond acceptors (Lipinski definition) is 5. The Hall–Kier alpha value is -1.59. The molecule has 2 heterocycles. The molecule has 26 heavy (non-hydrogen) atoms. The van der Waals surface area contributed by atoms with E-state index >= 15 is 0 Å². The normalized spacial score (nSPS) is 24.1. The Morgan fingerprint density at radius 3 is 2.15 bits per heavy atom. The Bertz CT molecular complexity index is 593. The van der Waals surface area contributed by atoms with Crippen LogP contribution in [0.4, 0.5) is 0 Å². The van der Waals surface area contributed by atoms with Crippen LogP contribution < -0.4 is 9.47 Å². The van der Waals surface area contributed by atoms with Crippen LogP contribution in [0.15, 0.2) is 18.2 Å². The van der Waals surface area contributed by atoms with Crippen molar-refractivity contribution in [2.75, 3.05) is 40.4 Å². The molecular formula is C21H32N2O3. The summed E-state index contributed by atoms with van der Waals surface area (Å²) in [5.74, 6) is 1.42. The summed E-state index contributed by atoms with van der Waals surface area (Å²) in [4.78, 5) is 16.1. The van der Waals surface area contributed by atoms with Gasteiger partial charge in [0.1, 0.15) is 11.5 Å². The second-order valence-corrected chi connectivity index (χ2v) is 7.65. The molecule has 0 radical (unpaired) electrons. The minimum Gasteiger partial charge on any atom is -0.493 e. The molecule has 3 rings (SSSR count). The lowest BCUT2D eigenvalue weighted by atomic mass is 10.1. The molecule has 0 aliphatic carbocycles. The van der Waals surface area contributed by atoms with Crippen LogP contribution in [0.25, 0.3) is 0 Å². The molecule has 1 aromatic rings. The standard InChI is InChI=1S/C21H32N2O3/c1-22-11-3-5-18(22)9-13-25-20-8-7-17(16-24)21(15-20)26-14-10-19-6-4-12-23(19)2/h7-8,15-16,18-19H,3-6,9-14H2,1-2H3. The van der Waals surface area contributed by atoms with E-state index < -0.39 is 0 Å². The van der Waals surface area contributed by atoms with Crippen molar-refractivity contribution in [1.29, 1.82) is 0 Å². The van der Waals surface area contributed by atoms with Gasteiger partial charge >= 0.3 is 0 Å². The van der Waals surface area contributed by atoms with Crippen LogP contribution in [0.2, 0.25) is 0 Å². The molecular weight excluding hydrogens is 328 g/mol. The lowest BCUT2D eigenvalue weighted by Gasteiger charge is -2.20. The van der Waals surface area contributed by atoms with Gasteiger partial charge in [0.25, 0.3) is 0 Å². The predicted molar refractivity (Wildman–Crippen MR) is 103 cm³/mol. The quantitative estimate of drug-likeness (QED) is 0.633. The van der Waals surface area contributed by atoms with Gasteiger partial charge in [0.15, 0.2) is 6.29 Å². The van der Waals surface area contributed by atoms with E-state index in [4.69, 9.17) is 9.47 Å². The van der Waals surface area contributed by atoms with Crippen molar-refractivity contribution >= 4 is 6.29 Å². The number of likely N-dealkylation sites (tertiary alicyclic amines) is 2. The molecule has 2 saturated heterocycles. The maximum absolute atomic E-state index is 11.3. The smallest absolute Gasteiger partial charge is 0.153 e. The Labute approximate surface area is 157 Å². The van der Waals surface area contributed by atoms with E-state index in [-0.39, 0.29) is 0 Å². The first kappa shape index (κ1) is 19.2. The van der Waals surface area contributed by atoms with Crippen molar-refractivity contribution in [3.05, 3.63) is 23.8 Å². The van der Waals surface area contributed by atoms with E-state index in [1.54, 1.807) is 6.07 Å². The minimum atomic E-state index is 0.590. The summed E-state index contributed by atoms with van der Waals surface area (Å²) < 4.78 is 11.9. The summed E-state index contributed by atoms with van der Waals surface area (Å²) in [5, 5.41) is 0. The molecule has 2 fully saturated rings. The minimum absolute atomic E-state index is 0.590. The number of rotatable bonds is 9. The molecule has 0 bridgehead atoms. The number of benzene rings is 1. The topological polar surface area (TPSA) is 42.0 Å². The lowest BCUT2D eigenvalue weighted by Crippen LogP contribution is -2.26. The van der Waals surface area contributed by atoms with E-state index in [0.29, 0.717) is 36.6 Å². The highest BCUT2D eigenvalue weighted by atomic mass is 16.5. The third-order valence-electron chi connectivity index (χ3n) is 5.88. The van der Waals surface area contributed by atoms with Gasteiger partial charge in [0.05, 0.1) is 18.8 Å². The first-order valence-corrected chi connectivity index (χ1v) is 9.92. The van der Waals surface area contributed by atoms with Gasteiger partial charge < -0.3 is 19.3 Å². The number of carbonyl (C=O) groups is 1. The predicted octanol–water partition coefficient (Wildman–Crippen LogP) is 3.23. The van der Waals surface area contributed by atoms with Crippen LogP contribution >= 0.6 is 0 Å². The summed E-state index contributed by atoms with van der Waals surface area (Å²) >= 11 is 0. The fourth-order valence-corrected chi connectivity index (χ4v) is 4.13. The third-order valence-corrected chi connectivity index (χ3v) is 5.88. The van der Waals surface area contributed by atoms with Crippen molar-refractivity contribution in [1.82, 2.24) is 9.80 Å². The van der Waals surface area contributed by atoms with Crippen molar-refractivity contribution < 1.29 is 14.3 Å². The molecule has 0 amide bonds. The average Bonchev–Trinajstić information content (AvgIpc) is 3.24. The Balaban J connectivity index is 1.49. The molecule has 5 heteroatoms. The number of aldehydes is 1. The maximum atomic E-state index is 11.3. The van der Waals surface area contributed by atoms with E-state index in [2.05, 4.69) is 23.9 Å². The van der Waals surface area contributed by atoms with Gasteiger partial charge in [0.2, 0.25) is 0 Å². The number of nitrogens with zero attached hydrogens (tertiary/aromatic N) is 2. The summed E-state index contributed by atoms with van der Waals surface area (Å²) in [6.45, 7) is 3.69. The van der Waals surface area contributed by atoms with Crippen LogP contribution in [0.5, 0.6) is 11.5 Å². The zero-order valence-electron chi connectivity index (χ0n) is 16.2. The van der Waals surface area contributed by atoms with Gasteiger partial charge in [0, 0.05) is 18.2 Å². The third kappa shape index (κ3) is 4.98. The van der Waals surface area contributed by atoms with Gasteiger partial charge in [-0.25, -0.2) is 0 Å². The molecule has 1 aromatic carbocycles. The van der Waals surface area contributed by atoms with Crippen LogP contribution in [-0.4, -0.2) is 68.6 Å². The highest BCUT2D eigenvalue weighted by molar-refractivity contribution is 5.79. The molecule has 2 unspecified atom stereocenters. The molecule has 5 nitrogen and oxygen atoms in total. The van der Waals surface area contributed by atoms with E-state index in [1.807, 2.05) is 12.1 Å². The first-order valence-electron chi connectivity index (χ1n) is 9.92. The first-order chi connectivity index (χ1) is 12.7. The van der Waals surface area contributed by atoms with Crippen molar-refractivity contribution in [3.63, 3.8) is 0 Å². The molecule has 0 spiro atoms. The number of hydrogen-bond donors (Lipinski definition) is 0. The Morgan fingerprint density at radius 1 is 1.00 bits per heavy atom. The molecule has 2 aliphatic rings. The average molecular weight is 360 g/mol. The summed E-state index contributed by atoms with van der Waals surface area (Å²) in [5.41, 5.74) is 0.590.